The van der Waals surface area contributed by atoms with Crippen LogP contribution in [-0.2, 0) is 4.79 Å². The Bertz CT molecular complexity index is 526. The van der Waals surface area contributed by atoms with Crippen LogP contribution in [0.2, 0.25) is 0 Å². The van der Waals surface area contributed by atoms with Crippen molar-refractivity contribution in [1.29, 1.82) is 0 Å². The maximum absolute atomic E-state index is 12.9. The van der Waals surface area contributed by atoms with Crippen LogP contribution in [0.3, 0.4) is 0 Å². The van der Waals surface area contributed by atoms with Gasteiger partial charge in [0, 0.05) is 31.2 Å². The Morgan fingerprint density at radius 1 is 1.38 bits per heavy atom. The average molecular weight is 294 g/mol. The van der Waals surface area contributed by atoms with Gasteiger partial charge in [0.05, 0.1) is 5.92 Å². The van der Waals surface area contributed by atoms with E-state index < -0.39 is 11.9 Å². The number of carbonyl (C=O) groups excluding carboxylic acids is 1. The van der Waals surface area contributed by atoms with E-state index >= 15 is 0 Å². The van der Waals surface area contributed by atoms with Crippen LogP contribution in [0.25, 0.3) is 0 Å². The second-order valence-corrected chi connectivity index (χ2v) is 5.30. The zero-order chi connectivity index (χ0) is 15.6. The predicted octanol–water partition coefficient (Wildman–Crippen LogP) is 2.42. The van der Waals surface area contributed by atoms with E-state index in [1.54, 1.807) is 28.9 Å². The molecule has 1 aliphatic heterocycles. The summed E-state index contributed by atoms with van der Waals surface area (Å²) in [6.45, 7) is 4.87. The number of hydrogen-bond donors (Lipinski definition) is 1. The third-order valence-electron chi connectivity index (χ3n) is 3.96. The van der Waals surface area contributed by atoms with Crippen molar-refractivity contribution in [3.63, 3.8) is 0 Å². The summed E-state index contributed by atoms with van der Waals surface area (Å²) in [7, 11) is 0. The quantitative estimate of drug-likeness (QED) is 0.927. The summed E-state index contributed by atoms with van der Waals surface area (Å²) in [5, 5.41) is 8.95. The van der Waals surface area contributed by atoms with E-state index in [1.807, 2.05) is 6.92 Å². The standard InChI is InChI=1S/C15H19FN2O3/c1-3-18(13-6-4-12(16)5-7-13)15(21)17-8-11(9-17)10(2)14(19)20/h4-7,10-11H,3,8-9H2,1-2H3,(H,19,20). The smallest absolute Gasteiger partial charge is 0.324 e. The fourth-order valence-electron chi connectivity index (χ4n) is 2.41. The first kappa shape index (κ1) is 15.3. The highest BCUT2D eigenvalue weighted by Gasteiger charge is 2.38. The van der Waals surface area contributed by atoms with Gasteiger partial charge in [-0.25, -0.2) is 9.18 Å². The monoisotopic (exact) mass is 294 g/mol. The summed E-state index contributed by atoms with van der Waals surface area (Å²) in [4.78, 5) is 26.5. The molecule has 6 heteroatoms. The summed E-state index contributed by atoms with van der Waals surface area (Å²) >= 11 is 0. The number of hydrogen-bond acceptors (Lipinski definition) is 2. The number of likely N-dealkylation sites (tertiary alicyclic amines) is 1. The lowest BCUT2D eigenvalue weighted by molar-refractivity contribution is -0.144. The Labute approximate surface area is 123 Å². The van der Waals surface area contributed by atoms with Gasteiger partial charge in [0.2, 0.25) is 0 Å². The number of benzene rings is 1. The van der Waals surface area contributed by atoms with Gasteiger partial charge in [0.15, 0.2) is 0 Å². The average Bonchev–Trinajstić information content (AvgIpc) is 2.39. The highest BCUT2D eigenvalue weighted by Crippen LogP contribution is 2.26. The normalized spacial score (nSPS) is 16.2. The molecule has 0 bridgehead atoms. The lowest BCUT2D eigenvalue weighted by Crippen LogP contribution is -2.57. The number of carbonyl (C=O) groups is 2. The van der Waals surface area contributed by atoms with E-state index in [-0.39, 0.29) is 17.8 Å². The molecular weight excluding hydrogens is 275 g/mol. The summed E-state index contributed by atoms with van der Waals surface area (Å²) in [5.41, 5.74) is 0.638. The zero-order valence-corrected chi connectivity index (χ0v) is 12.1. The molecule has 0 spiro atoms. The van der Waals surface area contributed by atoms with Crippen LogP contribution in [-0.4, -0.2) is 41.6 Å². The molecule has 114 valence electrons. The maximum Gasteiger partial charge on any atom is 0.324 e. The molecule has 0 saturated carbocycles. The molecule has 2 amide bonds. The van der Waals surface area contributed by atoms with Crippen molar-refractivity contribution in [2.45, 2.75) is 13.8 Å². The molecule has 1 atom stereocenters. The van der Waals surface area contributed by atoms with Crippen molar-refractivity contribution < 1.29 is 19.1 Å². The van der Waals surface area contributed by atoms with Crippen molar-refractivity contribution in [3.05, 3.63) is 30.1 Å². The highest BCUT2D eigenvalue weighted by molar-refractivity contribution is 5.92. The summed E-state index contributed by atoms with van der Waals surface area (Å²) < 4.78 is 12.9. The second kappa shape index (κ2) is 6.11. The summed E-state index contributed by atoms with van der Waals surface area (Å²) in [6, 6.07) is 5.59. The van der Waals surface area contributed by atoms with Crippen molar-refractivity contribution in [3.8, 4) is 0 Å². The molecule has 0 aromatic heterocycles. The number of carboxylic acid groups (broad SMARTS) is 1. The number of urea groups is 1. The highest BCUT2D eigenvalue weighted by atomic mass is 19.1. The fraction of sp³-hybridized carbons (Fsp3) is 0.467. The van der Waals surface area contributed by atoms with Crippen LogP contribution >= 0.6 is 0 Å². The van der Waals surface area contributed by atoms with Crippen molar-refractivity contribution in [2.24, 2.45) is 11.8 Å². The first-order valence-corrected chi connectivity index (χ1v) is 6.98. The first-order valence-electron chi connectivity index (χ1n) is 6.98. The lowest BCUT2D eigenvalue weighted by atomic mass is 9.87. The zero-order valence-electron chi connectivity index (χ0n) is 12.1. The number of amides is 2. The van der Waals surface area contributed by atoms with E-state index in [2.05, 4.69) is 0 Å². The Kier molecular flexibility index (Phi) is 4.45. The molecule has 1 aliphatic rings. The third-order valence-corrected chi connectivity index (χ3v) is 3.96. The molecule has 5 nitrogen and oxygen atoms in total. The number of nitrogens with zero attached hydrogens (tertiary/aromatic N) is 2. The largest absolute Gasteiger partial charge is 0.481 e. The molecule has 2 rings (SSSR count). The van der Waals surface area contributed by atoms with Crippen LogP contribution in [0.15, 0.2) is 24.3 Å². The molecule has 0 aliphatic carbocycles. The van der Waals surface area contributed by atoms with Gasteiger partial charge < -0.3 is 10.0 Å². The Morgan fingerprint density at radius 3 is 2.43 bits per heavy atom. The Morgan fingerprint density at radius 2 is 1.95 bits per heavy atom. The van der Waals surface area contributed by atoms with E-state index in [9.17, 15) is 14.0 Å². The Hall–Kier alpha value is -2.11. The molecule has 1 heterocycles. The van der Waals surface area contributed by atoms with Crippen molar-refractivity contribution in [2.75, 3.05) is 24.5 Å². The van der Waals surface area contributed by atoms with Crippen molar-refractivity contribution >= 4 is 17.7 Å². The van der Waals surface area contributed by atoms with Crippen LogP contribution in [0.1, 0.15) is 13.8 Å². The molecule has 1 saturated heterocycles. The van der Waals surface area contributed by atoms with Crippen molar-refractivity contribution in [1.82, 2.24) is 4.90 Å². The van der Waals surface area contributed by atoms with Crippen LogP contribution in [0.4, 0.5) is 14.9 Å². The van der Waals surface area contributed by atoms with Gasteiger partial charge in [0.1, 0.15) is 5.82 Å². The van der Waals surface area contributed by atoms with Gasteiger partial charge in [0.25, 0.3) is 0 Å². The van der Waals surface area contributed by atoms with Gasteiger partial charge in [-0.2, -0.15) is 0 Å². The van der Waals surface area contributed by atoms with Crippen LogP contribution < -0.4 is 4.90 Å². The minimum Gasteiger partial charge on any atom is -0.481 e. The predicted molar refractivity (Wildman–Crippen MR) is 76.7 cm³/mol. The maximum atomic E-state index is 12.9. The van der Waals surface area contributed by atoms with E-state index in [0.29, 0.717) is 25.3 Å². The molecule has 21 heavy (non-hydrogen) atoms. The van der Waals surface area contributed by atoms with Crippen LogP contribution in [0.5, 0.6) is 0 Å². The molecule has 0 radical (unpaired) electrons. The van der Waals surface area contributed by atoms with Crippen LogP contribution in [0, 0.1) is 17.7 Å². The molecular formula is C15H19FN2O3. The molecule has 1 aromatic carbocycles. The number of carboxylic acids is 1. The SMILES string of the molecule is CCN(C(=O)N1CC(C(C)C(=O)O)C1)c1ccc(F)cc1. The van der Waals surface area contributed by atoms with Gasteiger partial charge in [-0.05, 0) is 31.2 Å². The van der Waals surface area contributed by atoms with Gasteiger partial charge >= 0.3 is 12.0 Å². The molecule has 1 fully saturated rings. The van der Waals surface area contributed by atoms with E-state index in [0.717, 1.165) is 0 Å². The van der Waals surface area contributed by atoms with E-state index in [1.165, 1.54) is 12.1 Å². The number of anilines is 1. The first-order chi connectivity index (χ1) is 9.93. The third kappa shape index (κ3) is 3.15. The summed E-state index contributed by atoms with van der Waals surface area (Å²) in [6.07, 6.45) is 0. The minimum atomic E-state index is -0.835. The lowest BCUT2D eigenvalue weighted by Gasteiger charge is -2.43. The molecule has 1 unspecified atom stereocenters. The number of halogens is 1. The fourth-order valence-corrected chi connectivity index (χ4v) is 2.41. The number of rotatable bonds is 4. The molecule has 1 aromatic rings. The van der Waals surface area contributed by atoms with E-state index in [4.69, 9.17) is 5.11 Å². The van der Waals surface area contributed by atoms with Gasteiger partial charge in [-0.15, -0.1) is 0 Å². The van der Waals surface area contributed by atoms with Gasteiger partial charge in [-0.1, -0.05) is 6.92 Å². The topological polar surface area (TPSA) is 60.9 Å². The summed E-state index contributed by atoms with van der Waals surface area (Å²) in [5.74, 6) is -1.63. The van der Waals surface area contributed by atoms with Gasteiger partial charge in [-0.3, -0.25) is 9.69 Å². The Balaban J connectivity index is 1.99. The number of aliphatic carboxylic acids is 1. The second-order valence-electron chi connectivity index (χ2n) is 5.30. The molecule has 1 N–H and O–H groups in total. The minimum absolute atomic E-state index is 0.00151.